The van der Waals surface area contributed by atoms with E-state index in [1.807, 2.05) is 26.6 Å². The molecule has 1 aliphatic heterocycles. The molecule has 0 unspecified atom stereocenters. The number of hydrogen-bond donors (Lipinski definition) is 1. The van der Waals surface area contributed by atoms with Crippen molar-refractivity contribution >= 4 is 20.1 Å². The van der Waals surface area contributed by atoms with Gasteiger partial charge in [0.15, 0.2) is 13.8 Å². The molecule has 0 spiro atoms. The molecule has 0 saturated carbocycles. The van der Waals surface area contributed by atoms with E-state index in [1.165, 1.54) is 6.08 Å². The minimum Gasteiger partial charge on any atom is -0.479 e. The molecule has 0 aromatic carbocycles. The molecule has 0 bridgehead atoms. The monoisotopic (exact) mass is 297 g/mol. The van der Waals surface area contributed by atoms with Crippen molar-refractivity contribution in [2.24, 2.45) is 0 Å². The zero-order valence-electron chi connectivity index (χ0n) is 13.0. The van der Waals surface area contributed by atoms with Gasteiger partial charge < -0.3 is 14.5 Å². The number of carbonyl (C=O) groups is 2. The number of ether oxygens (including phenoxy) is 2. The molecule has 0 aromatic rings. The normalized spacial score (nSPS) is 18.4. The highest BCUT2D eigenvalue weighted by Gasteiger charge is 2.35. The van der Waals surface area contributed by atoms with Crippen molar-refractivity contribution in [1.82, 2.24) is 4.98 Å². The Bertz CT molecular complexity index is 472. The van der Waals surface area contributed by atoms with Crippen LogP contribution < -0.4 is 4.98 Å². The Kier molecular flexibility index (Phi) is 4.80. The Balaban J connectivity index is 2.50. The van der Waals surface area contributed by atoms with Crippen LogP contribution in [0.3, 0.4) is 0 Å². The van der Waals surface area contributed by atoms with Crippen LogP contribution in [0.15, 0.2) is 23.5 Å². The summed E-state index contributed by atoms with van der Waals surface area (Å²) in [6, 6.07) is 0. The third-order valence-corrected chi connectivity index (χ3v) is 3.64. The van der Waals surface area contributed by atoms with Crippen molar-refractivity contribution in [1.29, 1.82) is 0 Å². The predicted octanol–water partition coefficient (Wildman–Crippen LogP) is 2.76. The summed E-state index contributed by atoms with van der Waals surface area (Å²) in [6.45, 7) is 11.5. The molecule has 1 aliphatic rings. The summed E-state index contributed by atoms with van der Waals surface area (Å²) < 4.78 is 10.6. The smallest absolute Gasteiger partial charge is 0.399 e. The molecular formula is C14H23NO4Si. The van der Waals surface area contributed by atoms with E-state index in [9.17, 15) is 9.59 Å². The Morgan fingerprint density at radius 2 is 2.05 bits per heavy atom. The predicted molar refractivity (Wildman–Crippen MR) is 79.8 cm³/mol. The van der Waals surface area contributed by atoms with Gasteiger partial charge in [0.1, 0.15) is 12.4 Å². The van der Waals surface area contributed by atoms with Gasteiger partial charge in [0.2, 0.25) is 5.78 Å². The number of allylic oxidation sites excluding steroid dienone is 1. The molecule has 5 nitrogen and oxygen atoms in total. The van der Waals surface area contributed by atoms with Gasteiger partial charge >= 0.3 is 6.09 Å². The second-order valence-corrected chi connectivity index (χ2v) is 11.1. The van der Waals surface area contributed by atoms with Gasteiger partial charge in [0.05, 0.1) is 0 Å². The van der Waals surface area contributed by atoms with Crippen LogP contribution in [0.5, 0.6) is 0 Å². The van der Waals surface area contributed by atoms with E-state index in [0.29, 0.717) is 5.76 Å². The van der Waals surface area contributed by atoms with Crippen LogP contribution in [-0.4, -0.2) is 32.3 Å². The van der Waals surface area contributed by atoms with E-state index in [0.717, 1.165) is 5.57 Å². The van der Waals surface area contributed by atoms with Gasteiger partial charge in [-0.3, -0.25) is 4.79 Å². The number of carbonyl (C=O) groups excluding carboxylic acids is 2. The van der Waals surface area contributed by atoms with Crippen molar-refractivity contribution in [3.63, 3.8) is 0 Å². The number of rotatable bonds is 4. The quantitative estimate of drug-likeness (QED) is 0.810. The lowest BCUT2D eigenvalue weighted by Crippen LogP contribution is -2.45. The number of amides is 1. The molecule has 1 rings (SSSR count). The van der Waals surface area contributed by atoms with E-state index < -0.39 is 19.9 Å². The molecule has 20 heavy (non-hydrogen) atoms. The molecule has 0 aromatic heterocycles. The van der Waals surface area contributed by atoms with Crippen molar-refractivity contribution in [3.05, 3.63) is 23.5 Å². The molecule has 112 valence electrons. The summed E-state index contributed by atoms with van der Waals surface area (Å²) in [6.07, 6.45) is 2.80. The molecule has 0 radical (unpaired) electrons. The Morgan fingerprint density at radius 1 is 1.45 bits per heavy atom. The van der Waals surface area contributed by atoms with Crippen LogP contribution in [0.25, 0.3) is 0 Å². The van der Waals surface area contributed by atoms with Crippen molar-refractivity contribution < 1.29 is 19.1 Å². The Labute approximate surface area is 121 Å². The minimum atomic E-state index is -1.68. The molecule has 1 heterocycles. The molecule has 0 atom stereocenters. The van der Waals surface area contributed by atoms with Crippen LogP contribution in [0.2, 0.25) is 19.6 Å². The highest BCUT2D eigenvalue weighted by Crippen LogP contribution is 2.28. The summed E-state index contributed by atoms with van der Waals surface area (Å²) in [5, 5.41) is 0. The van der Waals surface area contributed by atoms with Crippen LogP contribution >= 0.6 is 0 Å². The fraction of sp³-hybridized carbons (Fsp3) is 0.571. The average molecular weight is 297 g/mol. The molecule has 0 fully saturated rings. The first-order valence-corrected chi connectivity index (χ1v) is 10.1. The average Bonchev–Trinajstić information content (AvgIpc) is 2.50. The number of nitrogens with one attached hydrogen (secondary N) is 1. The lowest BCUT2D eigenvalue weighted by atomic mass is 10.1. The summed E-state index contributed by atoms with van der Waals surface area (Å²) in [7, 11) is -1.68. The maximum Gasteiger partial charge on any atom is 0.399 e. The molecule has 1 N–H and O–H groups in total. The van der Waals surface area contributed by atoms with E-state index in [2.05, 4.69) is 4.98 Å². The van der Waals surface area contributed by atoms with Crippen LogP contribution in [0, 0.1) is 0 Å². The summed E-state index contributed by atoms with van der Waals surface area (Å²) in [5.74, 6) is 0.479. The number of hydrogen-bond acceptors (Lipinski definition) is 4. The minimum absolute atomic E-state index is 0.0577. The van der Waals surface area contributed by atoms with E-state index >= 15 is 0 Å². The fourth-order valence-electron chi connectivity index (χ4n) is 1.53. The second-order valence-electron chi connectivity index (χ2n) is 6.35. The van der Waals surface area contributed by atoms with E-state index in [4.69, 9.17) is 9.47 Å². The Hall–Kier alpha value is -1.56. The maximum atomic E-state index is 11.6. The zero-order valence-corrected chi connectivity index (χ0v) is 14.0. The standard InChI is InChI=1S/C14H23NO4Si/c1-10(11-9-12(16)14(2,3)19-11)7-8-18-13(17)15-20(4,5)6/h7,9H,8H2,1-6H3,(H,15,17)/b10-7+. The van der Waals surface area contributed by atoms with Crippen molar-refractivity contribution in [3.8, 4) is 0 Å². The lowest BCUT2D eigenvalue weighted by molar-refractivity contribution is -0.126. The summed E-state index contributed by atoms with van der Waals surface area (Å²) in [5.41, 5.74) is -0.0229. The fourth-order valence-corrected chi connectivity index (χ4v) is 2.21. The number of ketones is 1. The van der Waals surface area contributed by atoms with Crippen molar-refractivity contribution in [2.75, 3.05) is 6.61 Å². The highest BCUT2D eigenvalue weighted by atomic mass is 28.3. The molecule has 0 aliphatic carbocycles. The highest BCUT2D eigenvalue weighted by molar-refractivity contribution is 6.75. The van der Waals surface area contributed by atoms with Gasteiger partial charge in [-0.2, -0.15) is 0 Å². The molecule has 6 heteroatoms. The Morgan fingerprint density at radius 3 is 2.50 bits per heavy atom. The van der Waals surface area contributed by atoms with E-state index in [-0.39, 0.29) is 12.4 Å². The zero-order chi connectivity index (χ0) is 15.6. The van der Waals surface area contributed by atoms with Gasteiger partial charge in [-0.1, -0.05) is 19.6 Å². The first-order valence-electron chi connectivity index (χ1n) is 6.58. The maximum absolute atomic E-state index is 11.6. The first-order chi connectivity index (χ1) is 9.01. The van der Waals surface area contributed by atoms with Gasteiger partial charge in [0, 0.05) is 6.08 Å². The van der Waals surface area contributed by atoms with Gasteiger partial charge in [-0.05, 0) is 32.4 Å². The third kappa shape index (κ3) is 4.84. The van der Waals surface area contributed by atoms with Gasteiger partial charge in [0.25, 0.3) is 0 Å². The van der Waals surface area contributed by atoms with Gasteiger partial charge in [-0.15, -0.1) is 0 Å². The molecular weight excluding hydrogens is 274 g/mol. The first kappa shape index (κ1) is 16.5. The molecule has 0 saturated heterocycles. The lowest BCUT2D eigenvalue weighted by Gasteiger charge is -2.18. The third-order valence-electron chi connectivity index (χ3n) is 2.69. The summed E-state index contributed by atoms with van der Waals surface area (Å²) in [4.78, 5) is 25.9. The van der Waals surface area contributed by atoms with Gasteiger partial charge in [-0.25, -0.2) is 4.79 Å². The van der Waals surface area contributed by atoms with Crippen LogP contribution in [0.4, 0.5) is 4.79 Å². The van der Waals surface area contributed by atoms with Crippen LogP contribution in [0.1, 0.15) is 20.8 Å². The second kappa shape index (κ2) is 5.83. The molecule has 1 amide bonds. The largest absolute Gasteiger partial charge is 0.479 e. The SMILES string of the molecule is C/C(=C\COC(=O)N[Si](C)(C)C)C1=CC(=O)C(C)(C)O1. The van der Waals surface area contributed by atoms with E-state index in [1.54, 1.807) is 19.9 Å². The van der Waals surface area contributed by atoms with Crippen molar-refractivity contribution in [2.45, 2.75) is 46.0 Å². The summed E-state index contributed by atoms with van der Waals surface area (Å²) >= 11 is 0. The topological polar surface area (TPSA) is 64.6 Å². The van der Waals surface area contributed by atoms with Crippen LogP contribution in [-0.2, 0) is 14.3 Å².